The van der Waals surface area contributed by atoms with E-state index in [0.29, 0.717) is 29.4 Å². The third kappa shape index (κ3) is 4.47. The number of anilines is 4. The minimum Gasteiger partial charge on any atom is -0.337 e. The summed E-state index contributed by atoms with van der Waals surface area (Å²) in [4.78, 5) is 5.11. The van der Waals surface area contributed by atoms with Gasteiger partial charge in [-0.15, -0.1) is 0 Å². The fourth-order valence-electron chi connectivity index (χ4n) is 8.92. The van der Waals surface area contributed by atoms with Gasteiger partial charge in [0.15, 0.2) is 0 Å². The highest BCUT2D eigenvalue weighted by Gasteiger charge is 2.43. The molecule has 4 atom stereocenters. The molecule has 2 heterocycles. The fourth-order valence-corrected chi connectivity index (χ4v) is 8.92. The summed E-state index contributed by atoms with van der Waals surface area (Å²) < 4.78 is 0. The lowest BCUT2D eigenvalue weighted by molar-refractivity contribution is 0.402. The molecule has 3 unspecified atom stereocenters. The number of benzene rings is 5. The summed E-state index contributed by atoms with van der Waals surface area (Å²) in [6.45, 7) is 2.42. The van der Waals surface area contributed by atoms with E-state index < -0.39 is 0 Å². The van der Waals surface area contributed by atoms with E-state index in [-0.39, 0.29) is 0 Å². The Morgan fingerprint density at radius 2 is 1.34 bits per heavy atom. The molecule has 0 spiro atoms. The van der Waals surface area contributed by atoms with Crippen molar-refractivity contribution >= 4 is 28.3 Å². The zero-order chi connectivity index (χ0) is 31.5. The molecular formula is C44H37N3. The topological polar surface area (TPSA) is 30.3 Å². The van der Waals surface area contributed by atoms with Crippen LogP contribution in [0, 0.1) is 17.2 Å². The van der Waals surface area contributed by atoms with Gasteiger partial charge in [-0.1, -0.05) is 98.6 Å². The van der Waals surface area contributed by atoms with Gasteiger partial charge in [0.25, 0.3) is 0 Å². The first kappa shape index (κ1) is 27.9. The number of rotatable bonds is 4. The van der Waals surface area contributed by atoms with Crippen LogP contribution in [0.4, 0.5) is 22.7 Å². The first-order valence-corrected chi connectivity index (χ1v) is 17.1. The smallest absolute Gasteiger partial charge is 0.0991 e. The van der Waals surface area contributed by atoms with Crippen molar-refractivity contribution in [1.29, 1.82) is 5.26 Å². The Labute approximate surface area is 277 Å². The van der Waals surface area contributed by atoms with E-state index in [9.17, 15) is 5.26 Å². The molecule has 0 N–H and O–H groups in total. The Morgan fingerprint density at radius 3 is 2.13 bits per heavy atom. The SMILES string of the molecule is CC1C(c2ccc3c(c2)N(c2ccc(-c4ccc(C#N)cc4)cc2)C2CCCC[C@@H]32)=CC=C2C1c1ccccc1N2c1ccccc1. The highest BCUT2D eigenvalue weighted by atomic mass is 15.2. The monoisotopic (exact) mass is 607 g/mol. The molecular weight excluding hydrogens is 571 g/mol. The van der Waals surface area contributed by atoms with Gasteiger partial charge in [-0.25, -0.2) is 0 Å². The van der Waals surface area contributed by atoms with Crippen molar-refractivity contribution in [2.24, 2.45) is 5.92 Å². The quantitative estimate of drug-likeness (QED) is 0.204. The van der Waals surface area contributed by atoms with Gasteiger partial charge in [-0.2, -0.15) is 5.26 Å². The van der Waals surface area contributed by atoms with Crippen molar-refractivity contribution in [2.45, 2.75) is 50.5 Å². The van der Waals surface area contributed by atoms with Crippen molar-refractivity contribution in [3.8, 4) is 17.2 Å². The molecule has 2 aliphatic heterocycles. The van der Waals surface area contributed by atoms with E-state index in [4.69, 9.17) is 0 Å². The lowest BCUT2D eigenvalue weighted by Crippen LogP contribution is -2.32. The van der Waals surface area contributed by atoms with Crippen LogP contribution in [0.1, 0.15) is 66.7 Å². The van der Waals surface area contributed by atoms with E-state index in [1.54, 1.807) is 0 Å². The van der Waals surface area contributed by atoms with Crippen molar-refractivity contribution in [2.75, 3.05) is 9.80 Å². The standard InChI is InChI=1S/C44H37N3/c1-29-36(25-26-42-44(29)39-12-6-8-14-41(39)46(42)34-9-3-2-4-10-34)33-21-24-38-37-11-5-7-13-40(37)47(43(38)27-33)35-22-19-32(20-23-35)31-17-15-30(28-45)16-18-31/h2-4,6,8-10,12,14-27,29,37,40,44H,5,7,11,13H2,1H3/t29?,37-,40?,44?/m0/s1. The predicted octanol–water partition coefficient (Wildman–Crippen LogP) is 11.3. The second-order valence-electron chi connectivity index (χ2n) is 13.5. The average molecular weight is 608 g/mol. The molecule has 47 heavy (non-hydrogen) atoms. The minimum atomic E-state index is 0.313. The summed E-state index contributed by atoms with van der Waals surface area (Å²) in [6.07, 6.45) is 9.85. The van der Waals surface area contributed by atoms with Crippen LogP contribution in [0.2, 0.25) is 0 Å². The largest absolute Gasteiger partial charge is 0.337 e. The number of para-hydroxylation sites is 2. The molecule has 0 aromatic heterocycles. The lowest BCUT2D eigenvalue weighted by Gasteiger charge is -2.34. The number of fused-ring (bicyclic) bond motifs is 6. The van der Waals surface area contributed by atoms with Gasteiger partial charge in [0.1, 0.15) is 0 Å². The molecule has 0 bridgehead atoms. The maximum atomic E-state index is 9.22. The summed E-state index contributed by atoms with van der Waals surface area (Å²) in [5.74, 6) is 1.23. The molecule has 228 valence electrons. The molecule has 4 aliphatic rings. The van der Waals surface area contributed by atoms with E-state index in [2.05, 4.69) is 132 Å². The van der Waals surface area contributed by atoms with Crippen LogP contribution in [-0.4, -0.2) is 6.04 Å². The summed E-state index contributed by atoms with van der Waals surface area (Å²) in [5, 5.41) is 9.22. The molecule has 5 aromatic carbocycles. The Hall–Kier alpha value is -5.33. The van der Waals surface area contributed by atoms with E-state index in [0.717, 1.165) is 5.56 Å². The summed E-state index contributed by atoms with van der Waals surface area (Å²) in [6, 6.07) is 46.8. The number of nitrogens with zero attached hydrogens (tertiary/aromatic N) is 3. The normalized spacial score (nSPS) is 22.4. The number of allylic oxidation sites excluding steroid dienone is 4. The maximum absolute atomic E-state index is 9.22. The molecule has 0 saturated heterocycles. The molecule has 0 radical (unpaired) electrons. The van der Waals surface area contributed by atoms with Crippen LogP contribution < -0.4 is 9.80 Å². The molecule has 3 nitrogen and oxygen atoms in total. The molecule has 0 amide bonds. The van der Waals surface area contributed by atoms with E-state index in [1.165, 1.54) is 82.0 Å². The molecule has 2 aliphatic carbocycles. The molecule has 1 fully saturated rings. The zero-order valence-electron chi connectivity index (χ0n) is 26.7. The third-order valence-corrected chi connectivity index (χ3v) is 11.1. The van der Waals surface area contributed by atoms with E-state index >= 15 is 0 Å². The second-order valence-corrected chi connectivity index (χ2v) is 13.5. The van der Waals surface area contributed by atoms with Crippen LogP contribution in [0.25, 0.3) is 16.7 Å². The second kappa shape index (κ2) is 11.2. The van der Waals surface area contributed by atoms with Crippen LogP contribution >= 0.6 is 0 Å². The van der Waals surface area contributed by atoms with Crippen LogP contribution in [0.15, 0.2) is 139 Å². The Balaban J connectivity index is 1.10. The number of hydrogen-bond acceptors (Lipinski definition) is 3. The van der Waals surface area contributed by atoms with Crippen LogP contribution in [0.3, 0.4) is 0 Å². The van der Waals surface area contributed by atoms with Crippen LogP contribution in [-0.2, 0) is 0 Å². The summed E-state index contributed by atoms with van der Waals surface area (Å²) in [7, 11) is 0. The first-order valence-electron chi connectivity index (χ1n) is 17.1. The van der Waals surface area contributed by atoms with Gasteiger partial charge in [0, 0.05) is 46.3 Å². The fraction of sp³-hybridized carbons (Fsp3) is 0.205. The third-order valence-electron chi connectivity index (χ3n) is 11.1. The zero-order valence-corrected chi connectivity index (χ0v) is 26.7. The van der Waals surface area contributed by atoms with E-state index in [1.807, 2.05) is 24.3 Å². The minimum absolute atomic E-state index is 0.313. The Bertz CT molecular complexity index is 2080. The lowest BCUT2D eigenvalue weighted by atomic mass is 9.76. The Kier molecular flexibility index (Phi) is 6.64. The molecule has 9 rings (SSSR count). The highest BCUT2D eigenvalue weighted by Crippen LogP contribution is 2.56. The maximum Gasteiger partial charge on any atom is 0.0991 e. The number of hydrogen-bond donors (Lipinski definition) is 0. The average Bonchev–Trinajstić information content (AvgIpc) is 3.65. The van der Waals surface area contributed by atoms with Crippen molar-refractivity contribution in [1.82, 2.24) is 0 Å². The van der Waals surface area contributed by atoms with Gasteiger partial charge in [0.2, 0.25) is 0 Å². The predicted molar refractivity (Wildman–Crippen MR) is 193 cm³/mol. The molecule has 1 saturated carbocycles. The van der Waals surface area contributed by atoms with Gasteiger partial charge >= 0.3 is 0 Å². The van der Waals surface area contributed by atoms with Crippen LogP contribution in [0.5, 0.6) is 0 Å². The van der Waals surface area contributed by atoms with Crippen molar-refractivity contribution < 1.29 is 0 Å². The van der Waals surface area contributed by atoms with Crippen molar-refractivity contribution in [3.63, 3.8) is 0 Å². The molecule has 3 heteroatoms. The van der Waals surface area contributed by atoms with Gasteiger partial charge in [0.05, 0.1) is 11.6 Å². The number of nitriles is 1. The summed E-state index contributed by atoms with van der Waals surface area (Å²) in [5.41, 5.74) is 15.2. The van der Waals surface area contributed by atoms with Crippen molar-refractivity contribution in [3.05, 3.63) is 161 Å². The van der Waals surface area contributed by atoms with Gasteiger partial charge in [-0.05, 0) is 107 Å². The highest BCUT2D eigenvalue weighted by molar-refractivity contribution is 5.85. The first-order chi connectivity index (χ1) is 23.2. The summed E-state index contributed by atoms with van der Waals surface area (Å²) >= 11 is 0. The Morgan fingerprint density at radius 1 is 0.638 bits per heavy atom. The van der Waals surface area contributed by atoms with Gasteiger partial charge < -0.3 is 9.80 Å². The van der Waals surface area contributed by atoms with Gasteiger partial charge in [-0.3, -0.25) is 0 Å². The molecule has 5 aromatic rings.